The van der Waals surface area contributed by atoms with E-state index in [1.165, 1.54) is 0 Å². The third kappa shape index (κ3) is 15.6. The van der Waals surface area contributed by atoms with Crippen LogP contribution >= 0.6 is 24.0 Å². The number of aliphatic imine (C=N–C) groups is 1. The molecule has 0 spiro atoms. The van der Waals surface area contributed by atoms with E-state index in [0.29, 0.717) is 13.2 Å². The molecule has 1 amide bonds. The second kappa shape index (κ2) is 15.1. The first kappa shape index (κ1) is 30.2. The smallest absolute Gasteiger partial charge is 0.407 e. The Morgan fingerprint density at radius 1 is 1.06 bits per heavy atom. The van der Waals surface area contributed by atoms with Crippen LogP contribution in [-0.2, 0) is 9.47 Å². The number of guanidine groups is 1. The van der Waals surface area contributed by atoms with E-state index < -0.39 is 5.60 Å². The summed E-state index contributed by atoms with van der Waals surface area (Å²) in [7, 11) is 0. The number of nitrogens with zero attached hydrogens (tertiary/aromatic N) is 2. The highest BCUT2D eigenvalue weighted by Crippen LogP contribution is 2.14. The Bertz CT molecular complexity index is 524. The first-order valence-electron chi connectivity index (χ1n) is 11.4. The Labute approximate surface area is 206 Å². The molecule has 0 unspecified atom stereocenters. The second-order valence-electron chi connectivity index (χ2n) is 9.75. The van der Waals surface area contributed by atoms with E-state index in [1.54, 1.807) is 0 Å². The van der Waals surface area contributed by atoms with Crippen LogP contribution in [0.4, 0.5) is 4.79 Å². The van der Waals surface area contributed by atoms with Gasteiger partial charge in [0.05, 0.1) is 12.6 Å². The van der Waals surface area contributed by atoms with Gasteiger partial charge in [0, 0.05) is 44.9 Å². The molecule has 3 N–H and O–H groups in total. The number of amides is 1. The molecule has 1 rings (SSSR count). The largest absolute Gasteiger partial charge is 0.444 e. The lowest BCUT2D eigenvalue weighted by atomic mass is 10.1. The van der Waals surface area contributed by atoms with Crippen LogP contribution in [0.2, 0.25) is 0 Å². The summed E-state index contributed by atoms with van der Waals surface area (Å²) in [6.45, 7) is 19.8. The fourth-order valence-corrected chi connectivity index (χ4v) is 3.08. The Morgan fingerprint density at radius 2 is 1.71 bits per heavy atom. The molecular formula is C22H46IN5O3. The Balaban J connectivity index is 0.00000900. The van der Waals surface area contributed by atoms with Gasteiger partial charge >= 0.3 is 6.09 Å². The van der Waals surface area contributed by atoms with Crippen molar-refractivity contribution < 1.29 is 14.3 Å². The van der Waals surface area contributed by atoms with Gasteiger partial charge in [0.25, 0.3) is 0 Å². The van der Waals surface area contributed by atoms with Crippen LogP contribution in [-0.4, -0.2) is 80.1 Å². The second-order valence-corrected chi connectivity index (χ2v) is 9.75. The van der Waals surface area contributed by atoms with Crippen molar-refractivity contribution in [2.24, 2.45) is 4.99 Å². The minimum absolute atomic E-state index is 0. The van der Waals surface area contributed by atoms with Crippen molar-refractivity contribution >= 4 is 36.0 Å². The SMILES string of the molecule is CCNC(=NCCNC(C)(C)C)N1CCC(OCCCNC(=O)OC(C)(C)C)CC1.I. The summed E-state index contributed by atoms with van der Waals surface area (Å²) in [5.41, 5.74) is -0.349. The fraction of sp³-hybridized carbons (Fsp3) is 0.909. The molecule has 1 aliphatic rings. The van der Waals surface area contributed by atoms with Gasteiger partial charge in [-0.05, 0) is 67.7 Å². The minimum atomic E-state index is -0.466. The summed E-state index contributed by atoms with van der Waals surface area (Å²) in [5, 5.41) is 9.65. The summed E-state index contributed by atoms with van der Waals surface area (Å²) >= 11 is 0. The van der Waals surface area contributed by atoms with Gasteiger partial charge in [-0.1, -0.05) is 0 Å². The molecule has 1 fully saturated rings. The van der Waals surface area contributed by atoms with Crippen LogP contribution in [0.15, 0.2) is 4.99 Å². The fourth-order valence-electron chi connectivity index (χ4n) is 3.08. The summed E-state index contributed by atoms with van der Waals surface area (Å²) < 4.78 is 11.2. The predicted octanol–water partition coefficient (Wildman–Crippen LogP) is 3.35. The number of nitrogens with one attached hydrogen (secondary N) is 3. The summed E-state index contributed by atoms with van der Waals surface area (Å²) in [6, 6.07) is 0. The number of likely N-dealkylation sites (tertiary alicyclic amines) is 1. The summed E-state index contributed by atoms with van der Waals surface area (Å²) in [6.07, 6.45) is 2.66. The standard InChI is InChI=1S/C22H45N5O3.HI/c1-8-23-19(24-13-14-26-21(2,3)4)27-15-10-18(11-16-27)29-17-9-12-25-20(28)30-22(5,6)7;/h18,26H,8-17H2,1-7H3,(H,23,24)(H,25,28);1H. The summed E-state index contributed by atoms with van der Waals surface area (Å²) in [4.78, 5) is 18.7. The summed E-state index contributed by atoms with van der Waals surface area (Å²) in [5.74, 6) is 0.994. The predicted molar refractivity (Wildman–Crippen MR) is 139 cm³/mol. The van der Waals surface area contributed by atoms with E-state index in [9.17, 15) is 4.79 Å². The average Bonchev–Trinajstić information content (AvgIpc) is 2.62. The van der Waals surface area contributed by atoms with Crippen molar-refractivity contribution in [2.45, 2.75) is 85.0 Å². The van der Waals surface area contributed by atoms with Gasteiger partial charge in [0.1, 0.15) is 5.60 Å². The lowest BCUT2D eigenvalue weighted by Crippen LogP contribution is -2.47. The number of ether oxygens (including phenoxy) is 2. The van der Waals surface area contributed by atoms with E-state index in [2.05, 4.69) is 48.5 Å². The van der Waals surface area contributed by atoms with Gasteiger partial charge in [-0.25, -0.2) is 4.79 Å². The van der Waals surface area contributed by atoms with Crippen molar-refractivity contribution in [3.63, 3.8) is 0 Å². The van der Waals surface area contributed by atoms with Gasteiger partial charge in [-0.2, -0.15) is 0 Å². The number of hydrogen-bond donors (Lipinski definition) is 3. The van der Waals surface area contributed by atoms with E-state index in [-0.39, 0.29) is 41.7 Å². The first-order valence-corrected chi connectivity index (χ1v) is 11.4. The van der Waals surface area contributed by atoms with Crippen LogP contribution in [0.5, 0.6) is 0 Å². The maximum atomic E-state index is 11.6. The van der Waals surface area contributed by atoms with Crippen LogP contribution in [0, 0.1) is 0 Å². The van der Waals surface area contributed by atoms with E-state index in [0.717, 1.165) is 57.9 Å². The normalized spacial score (nSPS) is 16.0. The molecule has 0 saturated carbocycles. The first-order chi connectivity index (χ1) is 14.0. The van der Waals surface area contributed by atoms with Gasteiger partial charge in [0.15, 0.2) is 5.96 Å². The molecule has 0 aromatic carbocycles. The van der Waals surface area contributed by atoms with E-state index in [4.69, 9.17) is 14.5 Å². The number of rotatable bonds is 9. The number of piperidine rings is 1. The van der Waals surface area contributed by atoms with Crippen molar-refractivity contribution in [3.8, 4) is 0 Å². The highest BCUT2D eigenvalue weighted by atomic mass is 127. The average molecular weight is 556 g/mol. The minimum Gasteiger partial charge on any atom is -0.444 e. The van der Waals surface area contributed by atoms with E-state index >= 15 is 0 Å². The maximum absolute atomic E-state index is 11.6. The molecule has 31 heavy (non-hydrogen) atoms. The van der Waals surface area contributed by atoms with Crippen molar-refractivity contribution in [2.75, 3.05) is 45.9 Å². The zero-order valence-electron chi connectivity index (χ0n) is 20.7. The topological polar surface area (TPSA) is 87.2 Å². The van der Waals surface area contributed by atoms with E-state index in [1.807, 2.05) is 20.8 Å². The van der Waals surface area contributed by atoms with Crippen LogP contribution < -0.4 is 16.0 Å². The number of alkyl carbamates (subject to hydrolysis) is 1. The molecule has 9 heteroatoms. The van der Waals surface area contributed by atoms with Crippen molar-refractivity contribution in [1.29, 1.82) is 0 Å². The Kier molecular flexibility index (Phi) is 14.7. The quantitative estimate of drug-likeness (QED) is 0.175. The highest BCUT2D eigenvalue weighted by molar-refractivity contribution is 14.0. The van der Waals surface area contributed by atoms with Gasteiger partial charge in [0.2, 0.25) is 0 Å². The van der Waals surface area contributed by atoms with Gasteiger partial charge < -0.3 is 30.3 Å². The lowest BCUT2D eigenvalue weighted by Gasteiger charge is -2.34. The van der Waals surface area contributed by atoms with Gasteiger partial charge in [-0.15, -0.1) is 24.0 Å². The molecule has 8 nitrogen and oxygen atoms in total. The monoisotopic (exact) mass is 555 g/mol. The zero-order chi connectivity index (χ0) is 22.6. The van der Waals surface area contributed by atoms with Crippen LogP contribution in [0.1, 0.15) is 67.7 Å². The molecule has 0 radical (unpaired) electrons. The molecule has 0 aliphatic carbocycles. The van der Waals surface area contributed by atoms with Gasteiger partial charge in [-0.3, -0.25) is 4.99 Å². The molecule has 1 saturated heterocycles. The van der Waals surface area contributed by atoms with Crippen molar-refractivity contribution in [3.05, 3.63) is 0 Å². The molecule has 184 valence electrons. The molecule has 0 aromatic heterocycles. The highest BCUT2D eigenvalue weighted by Gasteiger charge is 2.22. The molecule has 1 aliphatic heterocycles. The third-order valence-electron chi connectivity index (χ3n) is 4.45. The molecule has 1 heterocycles. The molecule has 0 atom stereocenters. The molecule has 0 aromatic rings. The molecule has 0 bridgehead atoms. The van der Waals surface area contributed by atoms with Crippen LogP contribution in [0.3, 0.4) is 0 Å². The maximum Gasteiger partial charge on any atom is 0.407 e. The number of hydrogen-bond acceptors (Lipinski definition) is 5. The third-order valence-corrected chi connectivity index (χ3v) is 4.45. The number of carbonyl (C=O) groups is 1. The Morgan fingerprint density at radius 3 is 2.26 bits per heavy atom. The number of carbonyl (C=O) groups excluding carboxylic acids is 1. The number of halogens is 1. The zero-order valence-corrected chi connectivity index (χ0v) is 23.0. The lowest BCUT2D eigenvalue weighted by molar-refractivity contribution is 0.0170. The Hall–Kier alpha value is -0.810. The van der Waals surface area contributed by atoms with Crippen LogP contribution in [0.25, 0.3) is 0 Å². The molecular weight excluding hydrogens is 509 g/mol. The van der Waals surface area contributed by atoms with Crippen molar-refractivity contribution in [1.82, 2.24) is 20.9 Å².